The Labute approximate surface area is 320 Å². The van der Waals surface area contributed by atoms with E-state index >= 15 is 0 Å². The van der Waals surface area contributed by atoms with Crippen molar-refractivity contribution in [1.82, 2.24) is 9.13 Å². The highest BCUT2D eigenvalue weighted by atomic mass is 16.3. The van der Waals surface area contributed by atoms with Gasteiger partial charge >= 0.3 is 0 Å². The van der Waals surface area contributed by atoms with E-state index in [0.29, 0.717) is 11.8 Å². The van der Waals surface area contributed by atoms with Crippen molar-refractivity contribution in [2.75, 3.05) is 0 Å². The molecule has 0 amide bonds. The monoisotopic (exact) mass is 708 g/mol. The van der Waals surface area contributed by atoms with Crippen LogP contribution in [-0.2, 0) is 6.42 Å². The molecule has 3 heterocycles. The van der Waals surface area contributed by atoms with Gasteiger partial charge in [0.15, 0.2) is 5.58 Å². The number of para-hydroxylation sites is 3. The van der Waals surface area contributed by atoms with Gasteiger partial charge in [0.05, 0.1) is 22.2 Å². The van der Waals surface area contributed by atoms with E-state index in [9.17, 15) is 0 Å². The Bertz CT molecular complexity index is 3110. The van der Waals surface area contributed by atoms with Crippen LogP contribution in [0.4, 0.5) is 0 Å². The van der Waals surface area contributed by atoms with Crippen LogP contribution in [0.1, 0.15) is 48.9 Å². The second-order valence-corrected chi connectivity index (χ2v) is 15.8. The summed E-state index contributed by atoms with van der Waals surface area (Å²) in [6, 6.07) is 47.0. The third-order valence-corrected chi connectivity index (χ3v) is 12.8. The summed E-state index contributed by atoms with van der Waals surface area (Å²) < 4.78 is 11.8. The SMILES string of the molecule is C1=Cc2c(n(-c3cc(C4=CC5CCC=CC5CC4)cc4c3oc3ccccc34)c3ccc(-c4ccc5c6ccccc6n(-c6ccccc6)c5c4)cc23)CC1. The second kappa shape index (κ2) is 12.1. The Kier molecular flexibility index (Phi) is 6.83. The third kappa shape index (κ3) is 4.75. The molecule has 0 aliphatic heterocycles. The van der Waals surface area contributed by atoms with Gasteiger partial charge < -0.3 is 13.6 Å². The summed E-state index contributed by atoms with van der Waals surface area (Å²) in [5, 5.41) is 6.23. The lowest BCUT2D eigenvalue weighted by molar-refractivity contribution is 0.396. The predicted octanol–water partition coefficient (Wildman–Crippen LogP) is 14.0. The van der Waals surface area contributed by atoms with Gasteiger partial charge in [0.25, 0.3) is 0 Å². The van der Waals surface area contributed by atoms with Gasteiger partial charge in [-0.2, -0.15) is 0 Å². The van der Waals surface area contributed by atoms with Gasteiger partial charge in [0.2, 0.25) is 0 Å². The first-order valence-corrected chi connectivity index (χ1v) is 20.0. The summed E-state index contributed by atoms with van der Waals surface area (Å²) in [6.07, 6.45) is 19.0. The molecule has 0 radical (unpaired) electrons. The molecular formula is C52H40N2O. The van der Waals surface area contributed by atoms with Gasteiger partial charge in [-0.3, -0.25) is 0 Å². The topological polar surface area (TPSA) is 23.0 Å². The van der Waals surface area contributed by atoms with E-state index in [2.05, 4.69) is 167 Å². The Balaban J connectivity index is 1.07. The zero-order valence-electron chi connectivity index (χ0n) is 30.7. The van der Waals surface area contributed by atoms with Crippen LogP contribution >= 0.6 is 0 Å². The van der Waals surface area contributed by atoms with Crippen LogP contribution in [0, 0.1) is 11.8 Å². The summed E-state index contributed by atoms with van der Waals surface area (Å²) in [6.45, 7) is 0. The molecule has 264 valence electrons. The summed E-state index contributed by atoms with van der Waals surface area (Å²) in [5.41, 5.74) is 15.9. The Hall–Kier alpha value is -6.32. The first-order valence-electron chi connectivity index (χ1n) is 20.0. The number of fused-ring (bicyclic) bond motifs is 10. The average molecular weight is 709 g/mol. The zero-order chi connectivity index (χ0) is 36.0. The van der Waals surface area contributed by atoms with Crippen LogP contribution in [0.3, 0.4) is 0 Å². The molecule has 3 aliphatic carbocycles. The van der Waals surface area contributed by atoms with Crippen LogP contribution in [0.2, 0.25) is 0 Å². The van der Waals surface area contributed by atoms with Crippen LogP contribution in [0.15, 0.2) is 156 Å². The minimum absolute atomic E-state index is 0.630. The van der Waals surface area contributed by atoms with Gasteiger partial charge in [-0.05, 0) is 127 Å². The lowest BCUT2D eigenvalue weighted by Gasteiger charge is -2.31. The first kappa shape index (κ1) is 31.1. The molecule has 0 saturated heterocycles. The molecule has 3 aliphatic rings. The highest BCUT2D eigenvalue weighted by Crippen LogP contribution is 2.45. The molecule has 0 saturated carbocycles. The summed E-state index contributed by atoms with van der Waals surface area (Å²) in [5.74, 6) is 1.31. The number of rotatable bonds is 4. The Morgan fingerprint density at radius 2 is 1.31 bits per heavy atom. The van der Waals surface area contributed by atoms with Gasteiger partial charge in [-0.15, -0.1) is 0 Å². The van der Waals surface area contributed by atoms with E-state index in [0.717, 1.165) is 36.1 Å². The fourth-order valence-corrected chi connectivity index (χ4v) is 10.2. The van der Waals surface area contributed by atoms with E-state index in [-0.39, 0.29) is 0 Å². The molecule has 6 aromatic carbocycles. The Morgan fingerprint density at radius 3 is 2.25 bits per heavy atom. The van der Waals surface area contributed by atoms with Crippen LogP contribution in [0.5, 0.6) is 0 Å². The number of nitrogens with zero attached hydrogens (tertiary/aromatic N) is 2. The number of hydrogen-bond acceptors (Lipinski definition) is 1. The molecule has 3 aromatic heterocycles. The maximum atomic E-state index is 6.81. The van der Waals surface area contributed by atoms with Gasteiger partial charge in [0, 0.05) is 43.9 Å². The summed E-state index contributed by atoms with van der Waals surface area (Å²) >= 11 is 0. The highest BCUT2D eigenvalue weighted by Gasteiger charge is 2.27. The maximum Gasteiger partial charge on any atom is 0.159 e. The Morgan fingerprint density at radius 1 is 0.527 bits per heavy atom. The molecule has 0 bridgehead atoms. The molecule has 2 atom stereocenters. The average Bonchev–Trinajstić information content (AvgIpc) is 3.91. The number of aromatic nitrogens is 2. The standard InChI is InChI=1S/C52H40N2O/c1-2-14-39(15-3-1)53-46-19-9-6-16-40(46)42-26-24-37(31-49(42)53)36-25-27-48-44(29-36)41-17-7-10-20-47(41)54(48)50-32-38(35-23-22-33-12-4-5-13-34(33)28-35)30-45-43-18-8-11-21-51(43)55-52(45)50/h1-4,6-9,11-12,14-19,21,24-34H,5,10,13,20,22-23H2. The maximum absolute atomic E-state index is 6.81. The largest absolute Gasteiger partial charge is 0.454 e. The van der Waals surface area contributed by atoms with E-state index in [1.807, 2.05) is 0 Å². The van der Waals surface area contributed by atoms with Gasteiger partial charge in [-0.25, -0.2) is 0 Å². The van der Waals surface area contributed by atoms with E-state index in [1.54, 1.807) is 0 Å². The van der Waals surface area contributed by atoms with Crippen molar-refractivity contribution in [3.63, 3.8) is 0 Å². The van der Waals surface area contributed by atoms with Crippen LogP contribution < -0.4 is 0 Å². The predicted molar refractivity (Wildman–Crippen MR) is 230 cm³/mol. The summed E-state index contributed by atoms with van der Waals surface area (Å²) in [4.78, 5) is 0. The number of allylic oxidation sites excluding steroid dienone is 5. The van der Waals surface area contributed by atoms with Crippen LogP contribution in [0.25, 0.3) is 88.8 Å². The molecule has 12 rings (SSSR count). The van der Waals surface area contributed by atoms with Gasteiger partial charge in [-0.1, -0.05) is 103 Å². The molecule has 0 N–H and O–H groups in total. The quantitative estimate of drug-likeness (QED) is 0.167. The van der Waals surface area contributed by atoms with Crippen LogP contribution in [-0.4, -0.2) is 9.13 Å². The molecule has 0 fully saturated rings. The molecule has 9 aromatic rings. The molecule has 55 heavy (non-hydrogen) atoms. The number of furan rings is 1. The summed E-state index contributed by atoms with van der Waals surface area (Å²) in [7, 11) is 0. The molecule has 0 spiro atoms. The second-order valence-electron chi connectivity index (χ2n) is 15.8. The van der Waals surface area contributed by atoms with E-state index in [1.165, 1.54) is 102 Å². The highest BCUT2D eigenvalue weighted by molar-refractivity contribution is 6.11. The van der Waals surface area contributed by atoms with E-state index < -0.39 is 0 Å². The van der Waals surface area contributed by atoms with Crippen molar-refractivity contribution in [2.45, 2.75) is 38.5 Å². The smallest absolute Gasteiger partial charge is 0.159 e. The minimum atomic E-state index is 0.630. The molecule has 3 nitrogen and oxygen atoms in total. The molecule has 2 unspecified atom stereocenters. The lowest BCUT2D eigenvalue weighted by Crippen LogP contribution is -2.18. The molecular weight excluding hydrogens is 669 g/mol. The lowest BCUT2D eigenvalue weighted by atomic mass is 9.74. The van der Waals surface area contributed by atoms with E-state index in [4.69, 9.17) is 4.42 Å². The molecule has 3 heteroatoms. The fourth-order valence-electron chi connectivity index (χ4n) is 10.2. The van der Waals surface area contributed by atoms with Crippen molar-refractivity contribution < 1.29 is 4.42 Å². The van der Waals surface area contributed by atoms with Crippen molar-refractivity contribution in [2.24, 2.45) is 11.8 Å². The van der Waals surface area contributed by atoms with Crippen molar-refractivity contribution in [1.29, 1.82) is 0 Å². The zero-order valence-corrected chi connectivity index (χ0v) is 30.7. The first-order chi connectivity index (χ1) is 27.3. The number of hydrogen-bond donors (Lipinski definition) is 0. The number of benzene rings is 6. The van der Waals surface area contributed by atoms with Crippen molar-refractivity contribution >= 4 is 66.3 Å². The van der Waals surface area contributed by atoms with Crippen molar-refractivity contribution in [3.8, 4) is 22.5 Å². The van der Waals surface area contributed by atoms with Crippen molar-refractivity contribution in [3.05, 3.63) is 169 Å². The fraction of sp³-hybridized carbons (Fsp3) is 0.154. The van der Waals surface area contributed by atoms with Gasteiger partial charge in [0.1, 0.15) is 5.58 Å². The normalized spacial score (nSPS) is 18.1. The third-order valence-electron chi connectivity index (χ3n) is 12.8. The minimum Gasteiger partial charge on any atom is -0.454 e.